The molecule has 0 N–H and O–H groups in total. The summed E-state index contributed by atoms with van der Waals surface area (Å²) < 4.78 is 0. The minimum atomic E-state index is 0.537. The smallest absolute Gasteiger partial charge is 0.150 e. The molecule has 3 heteroatoms. The fourth-order valence-corrected chi connectivity index (χ4v) is 1.13. The monoisotopic (exact) mass is 177 g/mol. The van der Waals surface area contributed by atoms with Gasteiger partial charge in [0.25, 0.3) is 0 Å². The van der Waals surface area contributed by atoms with Crippen molar-refractivity contribution in [1.82, 2.24) is 4.90 Å². The van der Waals surface area contributed by atoms with Gasteiger partial charge in [0.05, 0.1) is 0 Å². The van der Waals surface area contributed by atoms with E-state index in [0.717, 1.165) is 18.1 Å². The van der Waals surface area contributed by atoms with Gasteiger partial charge in [0.15, 0.2) is 6.29 Å². The van der Waals surface area contributed by atoms with Crippen LogP contribution in [0.1, 0.15) is 0 Å². The number of nitrogens with zero attached hydrogens (tertiary/aromatic N) is 1. The molecule has 0 heterocycles. The van der Waals surface area contributed by atoms with Gasteiger partial charge in [0.2, 0.25) is 0 Å². The number of aldehydes is 2. The third kappa shape index (κ3) is 2.15. The zero-order valence-corrected chi connectivity index (χ0v) is 7.65. The Balaban J connectivity index is 3.00. The molecule has 0 aliphatic heterocycles. The molecule has 13 heavy (non-hydrogen) atoms. The summed E-state index contributed by atoms with van der Waals surface area (Å²) in [5.41, 5.74) is 1.87. The molecular weight excluding hydrogens is 166 g/mol. The van der Waals surface area contributed by atoms with Gasteiger partial charge in [-0.15, -0.1) is 0 Å². The Kier molecular flexibility index (Phi) is 2.80. The van der Waals surface area contributed by atoms with Gasteiger partial charge in [0.1, 0.15) is 6.29 Å². The Morgan fingerprint density at radius 1 is 1.15 bits per heavy atom. The molecule has 0 aromatic heterocycles. The zero-order valence-electron chi connectivity index (χ0n) is 7.65. The third-order valence-electron chi connectivity index (χ3n) is 1.64. The first kappa shape index (κ1) is 9.45. The van der Waals surface area contributed by atoms with E-state index in [1.54, 1.807) is 18.4 Å². The highest BCUT2D eigenvalue weighted by molar-refractivity contribution is 5.92. The zero-order chi connectivity index (χ0) is 9.84. The summed E-state index contributed by atoms with van der Waals surface area (Å²) >= 11 is 0. The number of hydrogen-bond acceptors (Lipinski definition) is 3. The predicted octanol–water partition coefficient (Wildman–Crippen LogP) is 0.696. The number of hydrogen-bond donors (Lipinski definition) is 0. The molecule has 0 saturated heterocycles. The van der Waals surface area contributed by atoms with E-state index >= 15 is 0 Å². The fourth-order valence-electron chi connectivity index (χ4n) is 1.13. The van der Waals surface area contributed by atoms with Gasteiger partial charge < -0.3 is 4.90 Å². The molecule has 1 aliphatic carbocycles. The average Bonchev–Trinajstić information content (AvgIpc) is 2.46. The van der Waals surface area contributed by atoms with E-state index in [-0.39, 0.29) is 0 Å². The van der Waals surface area contributed by atoms with Crippen molar-refractivity contribution in [3.05, 3.63) is 35.1 Å². The van der Waals surface area contributed by atoms with E-state index in [2.05, 4.69) is 0 Å². The molecule has 0 aromatic carbocycles. The van der Waals surface area contributed by atoms with Crippen LogP contribution in [0.25, 0.3) is 0 Å². The van der Waals surface area contributed by atoms with Gasteiger partial charge in [0, 0.05) is 37.0 Å². The molecule has 0 radical (unpaired) electrons. The fraction of sp³-hybridized carbons (Fsp3) is 0.200. The minimum absolute atomic E-state index is 0.537. The van der Waals surface area contributed by atoms with Gasteiger partial charge in [-0.1, -0.05) is 0 Å². The van der Waals surface area contributed by atoms with Crippen LogP contribution < -0.4 is 0 Å². The summed E-state index contributed by atoms with van der Waals surface area (Å²) in [5, 5.41) is 0. The van der Waals surface area contributed by atoms with Crippen molar-refractivity contribution in [3.63, 3.8) is 0 Å². The lowest BCUT2D eigenvalue weighted by Crippen LogP contribution is -2.02. The molecule has 0 aromatic rings. The first-order chi connectivity index (χ1) is 6.17. The highest BCUT2D eigenvalue weighted by Gasteiger charge is 2.10. The molecule has 3 nitrogen and oxygen atoms in total. The molecule has 1 aliphatic rings. The highest BCUT2D eigenvalue weighted by atomic mass is 16.1. The Morgan fingerprint density at radius 3 is 2.31 bits per heavy atom. The summed E-state index contributed by atoms with van der Waals surface area (Å²) in [5.74, 6) is 0. The second-order valence-corrected chi connectivity index (χ2v) is 3.03. The molecule has 0 bridgehead atoms. The van der Waals surface area contributed by atoms with Crippen LogP contribution in [-0.2, 0) is 9.59 Å². The van der Waals surface area contributed by atoms with Crippen molar-refractivity contribution in [2.45, 2.75) is 0 Å². The Labute approximate surface area is 77.0 Å². The number of carbonyl (C=O) groups is 2. The van der Waals surface area contributed by atoms with E-state index in [1.165, 1.54) is 0 Å². The summed E-state index contributed by atoms with van der Waals surface area (Å²) in [6.45, 7) is 0. The van der Waals surface area contributed by atoms with Crippen LogP contribution in [0.5, 0.6) is 0 Å². The molecule has 1 rings (SSSR count). The van der Waals surface area contributed by atoms with Crippen LogP contribution in [0, 0.1) is 0 Å². The number of rotatable bonds is 3. The van der Waals surface area contributed by atoms with Gasteiger partial charge in [-0.25, -0.2) is 0 Å². The number of allylic oxidation sites excluding steroid dienone is 5. The maximum Gasteiger partial charge on any atom is 0.150 e. The molecule has 0 spiro atoms. The van der Waals surface area contributed by atoms with Gasteiger partial charge >= 0.3 is 0 Å². The maximum atomic E-state index is 10.6. The lowest BCUT2D eigenvalue weighted by molar-refractivity contribution is -0.105. The van der Waals surface area contributed by atoms with Crippen molar-refractivity contribution in [1.29, 1.82) is 0 Å². The van der Waals surface area contributed by atoms with E-state index in [0.29, 0.717) is 11.1 Å². The second-order valence-electron chi connectivity index (χ2n) is 3.03. The molecule has 0 atom stereocenters. The van der Waals surface area contributed by atoms with E-state index in [9.17, 15) is 9.59 Å². The summed E-state index contributed by atoms with van der Waals surface area (Å²) in [7, 11) is 3.73. The minimum Gasteiger partial charge on any atom is -0.383 e. The van der Waals surface area contributed by atoms with Crippen molar-refractivity contribution in [2.75, 3.05) is 14.1 Å². The van der Waals surface area contributed by atoms with Crippen LogP contribution in [-0.4, -0.2) is 31.6 Å². The SMILES string of the molecule is CN(C)C=C1C=C(C=O)C=C1C=O. The highest BCUT2D eigenvalue weighted by Crippen LogP contribution is 2.20. The quantitative estimate of drug-likeness (QED) is 0.595. The first-order valence-electron chi connectivity index (χ1n) is 3.89. The molecule has 68 valence electrons. The molecule has 0 unspecified atom stereocenters. The third-order valence-corrected chi connectivity index (χ3v) is 1.64. The summed E-state index contributed by atoms with van der Waals surface area (Å²) in [6, 6.07) is 0. The van der Waals surface area contributed by atoms with Crippen LogP contribution in [0.3, 0.4) is 0 Å². The van der Waals surface area contributed by atoms with Crippen LogP contribution in [0.15, 0.2) is 35.1 Å². The molecule has 0 amide bonds. The standard InChI is InChI=1S/C10H11NO2/c1-11(2)5-9-3-8(6-12)4-10(9)7-13/h3-7H,1-2H3. The lowest BCUT2D eigenvalue weighted by Gasteiger charge is -2.05. The lowest BCUT2D eigenvalue weighted by atomic mass is 10.2. The van der Waals surface area contributed by atoms with Crippen LogP contribution >= 0.6 is 0 Å². The first-order valence-corrected chi connectivity index (χ1v) is 3.89. The Hall–Kier alpha value is -1.64. The average molecular weight is 177 g/mol. The van der Waals surface area contributed by atoms with Crippen molar-refractivity contribution < 1.29 is 9.59 Å². The molecule has 0 fully saturated rings. The Morgan fingerprint density at radius 2 is 1.85 bits per heavy atom. The summed E-state index contributed by atoms with van der Waals surface area (Å²) in [6.07, 6.45) is 6.56. The van der Waals surface area contributed by atoms with Crippen LogP contribution in [0.2, 0.25) is 0 Å². The molecular formula is C10H11NO2. The maximum absolute atomic E-state index is 10.6. The van der Waals surface area contributed by atoms with E-state index in [4.69, 9.17) is 0 Å². The summed E-state index contributed by atoms with van der Waals surface area (Å²) in [4.78, 5) is 22.8. The Bertz CT molecular complexity index is 322. The van der Waals surface area contributed by atoms with E-state index in [1.807, 2.05) is 19.0 Å². The predicted molar refractivity (Wildman–Crippen MR) is 50.1 cm³/mol. The van der Waals surface area contributed by atoms with Crippen molar-refractivity contribution in [2.24, 2.45) is 0 Å². The normalized spacial score (nSPS) is 18.2. The van der Waals surface area contributed by atoms with E-state index < -0.39 is 0 Å². The largest absolute Gasteiger partial charge is 0.383 e. The second kappa shape index (κ2) is 3.85. The van der Waals surface area contributed by atoms with Crippen molar-refractivity contribution >= 4 is 12.6 Å². The van der Waals surface area contributed by atoms with Gasteiger partial charge in [-0.2, -0.15) is 0 Å². The molecule has 0 saturated carbocycles. The number of carbonyl (C=O) groups excluding carboxylic acids is 2. The van der Waals surface area contributed by atoms with Gasteiger partial charge in [-0.05, 0) is 12.2 Å². The van der Waals surface area contributed by atoms with Crippen LogP contribution in [0.4, 0.5) is 0 Å². The topological polar surface area (TPSA) is 37.4 Å². The van der Waals surface area contributed by atoms with Crippen molar-refractivity contribution in [3.8, 4) is 0 Å². The van der Waals surface area contributed by atoms with Gasteiger partial charge in [-0.3, -0.25) is 9.59 Å².